The van der Waals surface area contributed by atoms with Gasteiger partial charge in [-0.15, -0.1) is 0 Å². The molecule has 2 atom stereocenters. The summed E-state index contributed by atoms with van der Waals surface area (Å²) in [6.07, 6.45) is -0.537. The van der Waals surface area contributed by atoms with E-state index in [0.29, 0.717) is 6.54 Å². The van der Waals surface area contributed by atoms with Crippen LogP contribution in [0.3, 0.4) is 0 Å². The van der Waals surface area contributed by atoms with Gasteiger partial charge in [-0.25, -0.2) is 0 Å². The average Bonchev–Trinajstić information content (AvgIpc) is 2.82. The molecular weight excluding hydrogens is 488 g/mol. The van der Waals surface area contributed by atoms with Gasteiger partial charge in [0.1, 0.15) is 5.75 Å². The monoisotopic (exact) mass is 514 g/mol. The van der Waals surface area contributed by atoms with Crippen LogP contribution < -0.4 is 4.74 Å². The smallest absolute Gasteiger partial charge is 0.133 e. The second-order valence-corrected chi connectivity index (χ2v) is 9.40. The minimum absolute atomic E-state index is 0.193. The lowest BCUT2D eigenvalue weighted by Crippen LogP contribution is -2.48. The fourth-order valence-electron chi connectivity index (χ4n) is 4.34. The Kier molecular flexibility index (Phi) is 7.87. The highest BCUT2D eigenvalue weighted by atomic mass is 79.9. The van der Waals surface area contributed by atoms with E-state index in [1.54, 1.807) is 7.11 Å². The molecule has 32 heavy (non-hydrogen) atoms. The van der Waals surface area contributed by atoms with Gasteiger partial charge >= 0.3 is 0 Å². The van der Waals surface area contributed by atoms with Crippen LogP contribution in [0.5, 0.6) is 5.75 Å². The molecule has 0 aliphatic carbocycles. The number of rotatable bonds is 7. The highest BCUT2D eigenvalue weighted by Crippen LogP contribution is 2.31. The Bertz CT molecular complexity index is 1010. The largest absolute Gasteiger partial charge is 0.496 e. The Morgan fingerprint density at radius 2 is 1.53 bits per heavy atom. The molecule has 168 valence electrons. The summed E-state index contributed by atoms with van der Waals surface area (Å²) >= 11 is 9.65. The van der Waals surface area contributed by atoms with Crippen molar-refractivity contribution in [2.24, 2.45) is 0 Å². The molecule has 4 nitrogen and oxygen atoms in total. The molecule has 1 heterocycles. The minimum atomic E-state index is -0.537. The second-order valence-electron chi connectivity index (χ2n) is 8.11. The Hall–Kier alpha value is -1.89. The number of hydrogen-bond donors (Lipinski definition) is 1. The van der Waals surface area contributed by atoms with Crippen LogP contribution in [0.25, 0.3) is 0 Å². The van der Waals surface area contributed by atoms with Gasteiger partial charge in [0.25, 0.3) is 0 Å². The van der Waals surface area contributed by atoms with Gasteiger partial charge in [0.2, 0.25) is 0 Å². The molecule has 1 saturated heterocycles. The van der Waals surface area contributed by atoms with Gasteiger partial charge < -0.3 is 9.84 Å². The third kappa shape index (κ3) is 5.53. The number of ether oxygens (including phenoxy) is 1. The fourth-order valence-corrected chi connectivity index (χ4v) is 5.02. The zero-order chi connectivity index (χ0) is 22.5. The maximum absolute atomic E-state index is 10.8. The third-order valence-corrected chi connectivity index (χ3v) is 6.94. The number of β-amino-alcohol motifs (C(OH)–C–C–N with tert-alkyl or cyclic N) is 1. The molecular formula is C26H28BrClN2O2. The van der Waals surface area contributed by atoms with E-state index in [1.807, 2.05) is 30.3 Å². The molecule has 4 rings (SSSR count). The molecule has 1 aliphatic heterocycles. The standard InChI is InChI=1S/C26H28BrClN2O2/c1-32-25-12-9-21(17-23(25)27)24(31)18-29-13-15-30(16-14-29)26(19-5-3-2-4-6-19)20-7-10-22(28)11-8-20/h2-12,17,24,26,31H,13-16,18H2,1H3. The van der Waals surface area contributed by atoms with Crippen LogP contribution in [0, 0.1) is 0 Å². The van der Waals surface area contributed by atoms with Crippen molar-refractivity contribution in [1.82, 2.24) is 9.80 Å². The fraction of sp³-hybridized carbons (Fsp3) is 0.308. The van der Waals surface area contributed by atoms with Crippen LogP contribution in [0.15, 0.2) is 77.3 Å². The lowest BCUT2D eigenvalue weighted by molar-refractivity contribution is 0.0622. The molecule has 1 N–H and O–H groups in total. The second kappa shape index (κ2) is 10.8. The van der Waals surface area contributed by atoms with Crippen molar-refractivity contribution in [2.75, 3.05) is 39.8 Å². The van der Waals surface area contributed by atoms with Crippen LogP contribution >= 0.6 is 27.5 Å². The van der Waals surface area contributed by atoms with E-state index < -0.39 is 6.10 Å². The highest BCUT2D eigenvalue weighted by Gasteiger charge is 2.27. The summed E-state index contributed by atoms with van der Waals surface area (Å²) < 4.78 is 6.15. The predicted octanol–water partition coefficient (Wildman–Crippen LogP) is 5.55. The van der Waals surface area contributed by atoms with E-state index in [9.17, 15) is 5.11 Å². The molecule has 1 fully saturated rings. The number of hydrogen-bond acceptors (Lipinski definition) is 4. The SMILES string of the molecule is COc1ccc(C(O)CN2CCN(C(c3ccccc3)c3ccc(Cl)cc3)CC2)cc1Br. The minimum Gasteiger partial charge on any atom is -0.496 e. The summed E-state index contributed by atoms with van der Waals surface area (Å²) in [6.45, 7) is 4.29. The van der Waals surface area contributed by atoms with Crippen LogP contribution in [-0.2, 0) is 0 Å². The van der Waals surface area contributed by atoms with Crippen molar-refractivity contribution in [3.8, 4) is 5.75 Å². The van der Waals surface area contributed by atoms with E-state index in [4.69, 9.17) is 16.3 Å². The quantitative estimate of drug-likeness (QED) is 0.447. The van der Waals surface area contributed by atoms with Crippen molar-refractivity contribution in [2.45, 2.75) is 12.1 Å². The number of aliphatic hydroxyl groups is 1. The lowest BCUT2D eigenvalue weighted by Gasteiger charge is -2.40. The van der Waals surface area contributed by atoms with Crippen molar-refractivity contribution in [3.63, 3.8) is 0 Å². The van der Waals surface area contributed by atoms with E-state index in [0.717, 1.165) is 47.0 Å². The van der Waals surface area contributed by atoms with Crippen molar-refractivity contribution in [3.05, 3.63) is 99.0 Å². The van der Waals surface area contributed by atoms with Gasteiger partial charge in [0.05, 0.1) is 23.7 Å². The molecule has 6 heteroatoms. The summed E-state index contributed by atoms with van der Waals surface area (Å²) in [5, 5.41) is 11.5. The molecule has 0 aromatic heterocycles. The number of halogens is 2. The first kappa shape index (κ1) is 23.3. The van der Waals surface area contributed by atoms with Crippen LogP contribution in [0.2, 0.25) is 5.02 Å². The molecule has 0 bridgehead atoms. The zero-order valence-corrected chi connectivity index (χ0v) is 20.5. The first-order valence-electron chi connectivity index (χ1n) is 10.8. The van der Waals surface area contributed by atoms with Gasteiger partial charge in [0.15, 0.2) is 0 Å². The van der Waals surface area contributed by atoms with E-state index in [-0.39, 0.29) is 6.04 Å². The Labute approximate surface area is 203 Å². The number of nitrogens with zero attached hydrogens (tertiary/aromatic N) is 2. The molecule has 0 spiro atoms. The van der Waals surface area contributed by atoms with Gasteiger partial charge in [-0.2, -0.15) is 0 Å². The van der Waals surface area contributed by atoms with Crippen LogP contribution in [0.4, 0.5) is 0 Å². The van der Waals surface area contributed by atoms with Gasteiger partial charge in [-0.1, -0.05) is 60.1 Å². The molecule has 1 aliphatic rings. The topological polar surface area (TPSA) is 35.9 Å². The highest BCUT2D eigenvalue weighted by molar-refractivity contribution is 9.10. The maximum Gasteiger partial charge on any atom is 0.133 e. The molecule has 0 saturated carbocycles. The predicted molar refractivity (Wildman–Crippen MR) is 133 cm³/mol. The summed E-state index contributed by atoms with van der Waals surface area (Å²) in [4.78, 5) is 4.86. The van der Waals surface area contributed by atoms with Gasteiger partial charge in [0, 0.05) is 37.7 Å². The lowest BCUT2D eigenvalue weighted by atomic mass is 9.96. The van der Waals surface area contributed by atoms with E-state index >= 15 is 0 Å². The molecule has 0 amide bonds. The number of benzene rings is 3. The average molecular weight is 516 g/mol. The number of piperazine rings is 1. The number of aliphatic hydroxyl groups excluding tert-OH is 1. The molecule has 3 aromatic carbocycles. The molecule has 2 unspecified atom stereocenters. The Morgan fingerprint density at radius 1 is 0.906 bits per heavy atom. The van der Waals surface area contributed by atoms with E-state index in [1.165, 1.54) is 11.1 Å². The summed E-state index contributed by atoms with van der Waals surface area (Å²) in [7, 11) is 1.64. The van der Waals surface area contributed by atoms with E-state index in [2.05, 4.69) is 68.2 Å². The Morgan fingerprint density at radius 3 is 2.16 bits per heavy atom. The van der Waals surface area contributed by atoms with Crippen molar-refractivity contribution in [1.29, 1.82) is 0 Å². The normalized spacial score (nSPS) is 17.1. The third-order valence-electron chi connectivity index (χ3n) is 6.06. The van der Waals surface area contributed by atoms with Gasteiger partial charge in [-0.05, 0) is 56.9 Å². The zero-order valence-electron chi connectivity index (χ0n) is 18.1. The Balaban J connectivity index is 1.43. The van der Waals surface area contributed by atoms with Crippen LogP contribution in [0.1, 0.15) is 28.8 Å². The number of methoxy groups -OCH3 is 1. The van der Waals surface area contributed by atoms with Crippen molar-refractivity contribution < 1.29 is 9.84 Å². The molecule has 0 radical (unpaired) electrons. The van der Waals surface area contributed by atoms with Crippen LogP contribution in [-0.4, -0.2) is 54.7 Å². The maximum atomic E-state index is 10.8. The summed E-state index contributed by atoms with van der Waals surface area (Å²) in [6, 6.07) is 24.7. The first-order valence-corrected chi connectivity index (χ1v) is 12.0. The first-order chi connectivity index (χ1) is 15.5. The van der Waals surface area contributed by atoms with Gasteiger partial charge in [-0.3, -0.25) is 9.80 Å². The molecule has 3 aromatic rings. The van der Waals surface area contributed by atoms with Crippen molar-refractivity contribution >= 4 is 27.5 Å². The summed E-state index contributed by atoms with van der Waals surface area (Å²) in [5.74, 6) is 0.767. The summed E-state index contributed by atoms with van der Waals surface area (Å²) in [5.41, 5.74) is 3.42.